The van der Waals surface area contributed by atoms with Crippen molar-refractivity contribution >= 4 is 0 Å². The van der Waals surface area contributed by atoms with Gasteiger partial charge in [0, 0.05) is 0 Å². The molecule has 0 aliphatic heterocycles. The fourth-order valence-electron chi connectivity index (χ4n) is 3.53. The molecule has 0 bridgehead atoms. The van der Waals surface area contributed by atoms with E-state index in [4.69, 9.17) is 0 Å². The smallest absolute Gasteiger partial charge is 0.0760 e. The Kier molecular flexibility index (Phi) is 2.70. The largest absolute Gasteiger partial charge is 0.198 e. The minimum atomic E-state index is -0.309. The Morgan fingerprint density at radius 1 is 0.600 bits per heavy atom. The first kappa shape index (κ1) is 10.5. The van der Waals surface area contributed by atoms with Crippen molar-refractivity contribution in [3.05, 3.63) is 0 Å². The van der Waals surface area contributed by atoms with Crippen molar-refractivity contribution in [2.45, 2.75) is 57.8 Å². The zero-order valence-electron chi connectivity index (χ0n) is 9.26. The van der Waals surface area contributed by atoms with E-state index in [1.807, 2.05) is 0 Å². The maximum absolute atomic E-state index is 9.50. The molecule has 2 saturated carbocycles. The van der Waals surface area contributed by atoms with E-state index in [-0.39, 0.29) is 10.8 Å². The molecular weight excluding hydrogens is 184 g/mol. The lowest BCUT2D eigenvalue weighted by atomic mass is 9.57. The molecule has 0 unspecified atom stereocenters. The lowest BCUT2D eigenvalue weighted by Crippen LogP contribution is -2.39. The second kappa shape index (κ2) is 3.86. The predicted molar refractivity (Wildman–Crippen MR) is 57.6 cm³/mol. The molecule has 0 heterocycles. The van der Waals surface area contributed by atoms with Crippen molar-refractivity contribution in [1.82, 2.24) is 0 Å². The quantitative estimate of drug-likeness (QED) is 0.652. The summed E-state index contributed by atoms with van der Waals surface area (Å²) in [6.45, 7) is 0. The maximum Gasteiger partial charge on any atom is 0.0760 e. The molecule has 0 spiro atoms. The van der Waals surface area contributed by atoms with Crippen LogP contribution in [0.5, 0.6) is 0 Å². The molecule has 80 valence electrons. The van der Waals surface area contributed by atoms with Crippen molar-refractivity contribution < 1.29 is 0 Å². The van der Waals surface area contributed by atoms with Gasteiger partial charge < -0.3 is 0 Å². The number of rotatable bonds is 1. The van der Waals surface area contributed by atoms with E-state index in [0.717, 1.165) is 51.4 Å². The monoisotopic (exact) mass is 202 g/mol. The number of nitrogens with zero attached hydrogens (tertiary/aromatic N) is 2. The van der Waals surface area contributed by atoms with Crippen LogP contribution in [0.3, 0.4) is 0 Å². The molecule has 15 heavy (non-hydrogen) atoms. The molecule has 2 heteroatoms. The van der Waals surface area contributed by atoms with E-state index >= 15 is 0 Å². The van der Waals surface area contributed by atoms with Gasteiger partial charge in [-0.25, -0.2) is 0 Å². The summed E-state index contributed by atoms with van der Waals surface area (Å²) in [4.78, 5) is 0. The normalized spacial score (nSPS) is 27.9. The highest BCUT2D eigenvalue weighted by Crippen LogP contribution is 2.57. The molecule has 0 N–H and O–H groups in total. The molecule has 0 aromatic rings. The topological polar surface area (TPSA) is 47.6 Å². The Morgan fingerprint density at radius 2 is 0.933 bits per heavy atom. The average Bonchev–Trinajstić information content (AvgIpc) is 2.80. The molecule has 0 radical (unpaired) electrons. The van der Waals surface area contributed by atoms with Crippen LogP contribution < -0.4 is 0 Å². The van der Waals surface area contributed by atoms with Crippen molar-refractivity contribution in [2.75, 3.05) is 0 Å². The van der Waals surface area contributed by atoms with Crippen LogP contribution in [0.2, 0.25) is 0 Å². The third kappa shape index (κ3) is 1.44. The molecule has 0 aromatic heterocycles. The first-order valence-electron chi connectivity index (χ1n) is 6.11. The van der Waals surface area contributed by atoms with Gasteiger partial charge >= 0.3 is 0 Å². The minimum Gasteiger partial charge on any atom is -0.198 e. The van der Waals surface area contributed by atoms with E-state index in [2.05, 4.69) is 12.1 Å². The predicted octanol–water partition coefficient (Wildman–Crippen LogP) is 3.54. The number of nitriles is 2. The third-order valence-electron chi connectivity index (χ3n) is 4.51. The van der Waals surface area contributed by atoms with Crippen LogP contribution in [0.15, 0.2) is 0 Å². The van der Waals surface area contributed by atoms with Crippen LogP contribution >= 0.6 is 0 Å². The first-order valence-corrected chi connectivity index (χ1v) is 6.11. The summed E-state index contributed by atoms with van der Waals surface area (Å²) in [5.74, 6) is 0. The van der Waals surface area contributed by atoms with Gasteiger partial charge in [0.15, 0.2) is 0 Å². The molecule has 0 amide bonds. The van der Waals surface area contributed by atoms with Crippen LogP contribution in [-0.2, 0) is 0 Å². The molecule has 2 rings (SSSR count). The summed E-state index contributed by atoms with van der Waals surface area (Å²) in [5, 5.41) is 19.0. The van der Waals surface area contributed by atoms with Gasteiger partial charge in [0.25, 0.3) is 0 Å². The molecule has 0 aromatic carbocycles. The zero-order chi connectivity index (χ0) is 10.8. The number of hydrogen-bond donors (Lipinski definition) is 0. The maximum atomic E-state index is 9.50. The first-order chi connectivity index (χ1) is 7.29. The van der Waals surface area contributed by atoms with Crippen molar-refractivity contribution in [3.8, 4) is 12.1 Å². The SMILES string of the molecule is N#CC1(C2(C#N)CCCC2)CCCCC1. The summed E-state index contributed by atoms with van der Waals surface area (Å²) >= 11 is 0. The Balaban J connectivity index is 2.32. The van der Waals surface area contributed by atoms with E-state index in [0.29, 0.717) is 0 Å². The van der Waals surface area contributed by atoms with Gasteiger partial charge in [-0.3, -0.25) is 0 Å². The van der Waals surface area contributed by atoms with Crippen LogP contribution in [0.1, 0.15) is 57.8 Å². The summed E-state index contributed by atoms with van der Waals surface area (Å²) in [7, 11) is 0. The van der Waals surface area contributed by atoms with E-state index in [1.54, 1.807) is 0 Å². The lowest BCUT2D eigenvalue weighted by Gasteiger charge is -2.41. The Labute approximate surface area is 91.9 Å². The van der Waals surface area contributed by atoms with Gasteiger partial charge in [-0.2, -0.15) is 10.5 Å². The molecule has 2 fully saturated rings. The molecule has 2 nitrogen and oxygen atoms in total. The molecule has 0 atom stereocenters. The highest BCUT2D eigenvalue weighted by molar-refractivity contribution is 5.20. The van der Waals surface area contributed by atoms with Crippen molar-refractivity contribution in [1.29, 1.82) is 10.5 Å². The van der Waals surface area contributed by atoms with E-state index in [9.17, 15) is 10.5 Å². The summed E-state index contributed by atoms with van der Waals surface area (Å²) in [6, 6.07) is 5.04. The Hall–Kier alpha value is -1.02. The zero-order valence-corrected chi connectivity index (χ0v) is 9.26. The van der Waals surface area contributed by atoms with E-state index < -0.39 is 0 Å². The average molecular weight is 202 g/mol. The van der Waals surface area contributed by atoms with Crippen LogP contribution in [-0.4, -0.2) is 0 Å². The van der Waals surface area contributed by atoms with Gasteiger partial charge in [0.05, 0.1) is 23.0 Å². The standard InChI is InChI=1S/C13H18N2/c14-10-12(6-2-1-3-7-12)13(11-15)8-4-5-9-13/h1-9H2. The molecule has 0 saturated heterocycles. The van der Waals surface area contributed by atoms with Gasteiger partial charge in [-0.15, -0.1) is 0 Å². The molecule has 2 aliphatic carbocycles. The Morgan fingerprint density at radius 3 is 1.27 bits per heavy atom. The third-order valence-corrected chi connectivity index (χ3v) is 4.51. The van der Waals surface area contributed by atoms with Gasteiger partial charge in [0.1, 0.15) is 0 Å². The molecule has 2 aliphatic rings. The minimum absolute atomic E-state index is 0.303. The van der Waals surface area contributed by atoms with Crippen LogP contribution in [0.4, 0.5) is 0 Å². The molecular formula is C13H18N2. The second-order valence-electron chi connectivity index (χ2n) is 5.16. The fraction of sp³-hybridized carbons (Fsp3) is 0.846. The highest BCUT2D eigenvalue weighted by Gasteiger charge is 2.53. The summed E-state index contributed by atoms with van der Waals surface area (Å²) < 4.78 is 0. The lowest BCUT2D eigenvalue weighted by molar-refractivity contribution is 0.106. The fourth-order valence-corrected chi connectivity index (χ4v) is 3.53. The van der Waals surface area contributed by atoms with Gasteiger partial charge in [0.2, 0.25) is 0 Å². The second-order valence-corrected chi connectivity index (χ2v) is 5.16. The van der Waals surface area contributed by atoms with Crippen LogP contribution in [0.25, 0.3) is 0 Å². The highest BCUT2D eigenvalue weighted by atomic mass is 14.6. The number of hydrogen-bond acceptors (Lipinski definition) is 2. The van der Waals surface area contributed by atoms with Crippen LogP contribution in [0, 0.1) is 33.5 Å². The van der Waals surface area contributed by atoms with Crippen molar-refractivity contribution in [2.24, 2.45) is 10.8 Å². The van der Waals surface area contributed by atoms with E-state index in [1.165, 1.54) is 6.42 Å². The summed E-state index contributed by atoms with van der Waals surface area (Å²) in [6.07, 6.45) is 9.61. The summed E-state index contributed by atoms with van der Waals surface area (Å²) in [5.41, 5.74) is -0.612. The van der Waals surface area contributed by atoms with Gasteiger partial charge in [-0.05, 0) is 25.7 Å². The van der Waals surface area contributed by atoms with Gasteiger partial charge in [-0.1, -0.05) is 32.1 Å². The Bertz CT molecular complexity index is 306. The van der Waals surface area contributed by atoms with Crippen molar-refractivity contribution in [3.63, 3.8) is 0 Å².